The van der Waals surface area contributed by atoms with Crippen LogP contribution in [0.15, 0.2) is 36.4 Å². The van der Waals surface area contributed by atoms with Crippen LogP contribution < -0.4 is 24.8 Å². The fourth-order valence-corrected chi connectivity index (χ4v) is 2.73. The van der Waals surface area contributed by atoms with Crippen LogP contribution in [0.5, 0.6) is 17.2 Å². The number of hydrogen-bond donors (Lipinski definition) is 2. The van der Waals surface area contributed by atoms with E-state index in [2.05, 4.69) is 10.6 Å². The van der Waals surface area contributed by atoms with Gasteiger partial charge in [0.15, 0.2) is 11.5 Å². The zero-order chi connectivity index (χ0) is 17.1. The lowest BCUT2D eigenvalue weighted by Crippen LogP contribution is -2.38. The summed E-state index contributed by atoms with van der Waals surface area (Å²) in [7, 11) is 3.15. The molecule has 1 aliphatic rings. The van der Waals surface area contributed by atoms with Gasteiger partial charge in [-0.15, -0.1) is 0 Å². The molecular weight excluding hydrogens is 308 g/mol. The van der Waals surface area contributed by atoms with Gasteiger partial charge in [-0.25, -0.2) is 0 Å². The molecule has 1 heterocycles. The molecule has 0 saturated heterocycles. The zero-order valence-electron chi connectivity index (χ0n) is 13.9. The number of ether oxygens (including phenoxy) is 3. The largest absolute Gasteiger partial charge is 0.493 e. The summed E-state index contributed by atoms with van der Waals surface area (Å²) in [6.07, 6.45) is -0.383. The lowest BCUT2D eigenvalue weighted by Gasteiger charge is -2.29. The number of hydrogen-bond acceptors (Lipinski definition) is 5. The lowest BCUT2D eigenvalue weighted by atomic mass is 10.0. The van der Waals surface area contributed by atoms with Crippen LogP contribution in [0.25, 0.3) is 0 Å². The monoisotopic (exact) mass is 328 g/mol. The Bertz CT molecular complexity index is 735. The molecule has 0 fully saturated rings. The van der Waals surface area contributed by atoms with Crippen LogP contribution in [0.3, 0.4) is 0 Å². The molecule has 0 aliphatic carbocycles. The zero-order valence-corrected chi connectivity index (χ0v) is 13.9. The van der Waals surface area contributed by atoms with Crippen LogP contribution in [0, 0.1) is 0 Å². The third kappa shape index (κ3) is 2.82. The molecular formula is C18H20N2O4. The number of rotatable bonds is 5. The summed E-state index contributed by atoms with van der Waals surface area (Å²) in [6, 6.07) is 11.1. The highest BCUT2D eigenvalue weighted by molar-refractivity contribution is 6.01. The summed E-state index contributed by atoms with van der Waals surface area (Å²) in [5, 5.41) is 6.25. The molecule has 3 rings (SSSR count). The van der Waals surface area contributed by atoms with Crippen molar-refractivity contribution < 1.29 is 19.0 Å². The van der Waals surface area contributed by atoms with Crippen molar-refractivity contribution in [3.63, 3.8) is 0 Å². The summed E-state index contributed by atoms with van der Waals surface area (Å²) >= 11 is 0. The highest BCUT2D eigenvalue weighted by Crippen LogP contribution is 2.40. The number of anilines is 1. The Morgan fingerprint density at radius 2 is 1.71 bits per heavy atom. The van der Waals surface area contributed by atoms with Gasteiger partial charge >= 0.3 is 0 Å². The Morgan fingerprint density at radius 1 is 1.04 bits per heavy atom. The average molecular weight is 328 g/mol. The number of carbonyl (C=O) groups excluding carboxylic acids is 1. The first kappa shape index (κ1) is 16.0. The second-order valence-corrected chi connectivity index (χ2v) is 5.28. The topological polar surface area (TPSA) is 68.8 Å². The fraction of sp³-hybridized carbons (Fsp3) is 0.278. The molecule has 6 nitrogen and oxygen atoms in total. The Kier molecular flexibility index (Phi) is 4.46. The van der Waals surface area contributed by atoms with Gasteiger partial charge in [-0.1, -0.05) is 12.1 Å². The van der Waals surface area contributed by atoms with Gasteiger partial charge in [0.2, 0.25) is 5.75 Å². The van der Waals surface area contributed by atoms with Crippen molar-refractivity contribution in [3.8, 4) is 17.2 Å². The molecule has 0 bridgehead atoms. The normalized spacial score (nSPS) is 15.8. The predicted molar refractivity (Wildman–Crippen MR) is 91.0 cm³/mol. The highest BCUT2D eigenvalue weighted by atomic mass is 16.5. The van der Waals surface area contributed by atoms with E-state index in [1.165, 1.54) is 0 Å². The number of carbonyl (C=O) groups is 1. The standard InChI is InChI=1S/C18H20N2O4/c1-4-24-16-14(22-2)9-11(10-15(16)23-3)17-19-13-8-6-5-7-12(13)18(21)20-17/h5-10,17,19H,4H2,1-3H3,(H,20,21). The van der Waals surface area contributed by atoms with Crippen molar-refractivity contribution in [2.45, 2.75) is 13.1 Å². The van der Waals surface area contributed by atoms with Crippen LogP contribution in [-0.2, 0) is 0 Å². The first-order valence-corrected chi connectivity index (χ1v) is 7.73. The molecule has 0 radical (unpaired) electrons. The van der Waals surface area contributed by atoms with E-state index < -0.39 is 0 Å². The molecule has 126 valence electrons. The number of benzene rings is 2. The Morgan fingerprint density at radius 3 is 2.33 bits per heavy atom. The molecule has 1 aliphatic heterocycles. The van der Waals surface area contributed by atoms with Crippen LogP contribution in [0.2, 0.25) is 0 Å². The maximum atomic E-state index is 12.3. The van der Waals surface area contributed by atoms with Crippen molar-refractivity contribution in [2.24, 2.45) is 0 Å². The molecule has 2 N–H and O–H groups in total. The predicted octanol–water partition coefficient (Wildman–Crippen LogP) is 2.96. The Hall–Kier alpha value is -2.89. The molecule has 1 unspecified atom stereocenters. The number of para-hydroxylation sites is 1. The van der Waals surface area contributed by atoms with Crippen molar-refractivity contribution in [2.75, 3.05) is 26.1 Å². The molecule has 6 heteroatoms. The van der Waals surface area contributed by atoms with Crippen LogP contribution in [0.1, 0.15) is 29.0 Å². The summed E-state index contributed by atoms with van der Waals surface area (Å²) in [6.45, 7) is 2.39. The van der Waals surface area contributed by atoms with E-state index in [1.54, 1.807) is 20.3 Å². The maximum Gasteiger partial charge on any atom is 0.255 e. The SMILES string of the molecule is CCOc1c(OC)cc(C2NC(=O)c3ccccc3N2)cc1OC. The van der Waals surface area contributed by atoms with E-state index in [1.807, 2.05) is 37.3 Å². The smallest absolute Gasteiger partial charge is 0.255 e. The van der Waals surface area contributed by atoms with Gasteiger partial charge in [0.1, 0.15) is 6.17 Å². The highest BCUT2D eigenvalue weighted by Gasteiger charge is 2.26. The molecule has 0 spiro atoms. The molecule has 24 heavy (non-hydrogen) atoms. The minimum atomic E-state index is -0.383. The number of methoxy groups -OCH3 is 2. The molecule has 2 aromatic rings. The molecule has 0 saturated carbocycles. The van der Waals surface area contributed by atoms with Crippen molar-refractivity contribution >= 4 is 11.6 Å². The van der Waals surface area contributed by atoms with E-state index in [4.69, 9.17) is 14.2 Å². The first-order valence-electron chi connectivity index (χ1n) is 7.73. The van der Waals surface area contributed by atoms with Crippen LogP contribution in [-0.4, -0.2) is 26.7 Å². The summed E-state index contributed by atoms with van der Waals surface area (Å²) in [5.74, 6) is 1.54. The first-order chi connectivity index (χ1) is 11.7. The van der Waals surface area contributed by atoms with E-state index >= 15 is 0 Å². The molecule has 0 aromatic heterocycles. The number of amides is 1. The van der Waals surface area contributed by atoms with Gasteiger partial charge in [-0.3, -0.25) is 4.79 Å². The van der Waals surface area contributed by atoms with Gasteiger partial charge in [0.25, 0.3) is 5.91 Å². The number of fused-ring (bicyclic) bond motifs is 1. The van der Waals surface area contributed by atoms with Crippen molar-refractivity contribution in [3.05, 3.63) is 47.5 Å². The van der Waals surface area contributed by atoms with E-state index in [9.17, 15) is 4.79 Å². The van der Waals surface area contributed by atoms with Gasteiger partial charge < -0.3 is 24.8 Å². The Labute approximate surface area is 140 Å². The van der Waals surface area contributed by atoms with Gasteiger partial charge in [-0.05, 0) is 31.2 Å². The maximum absolute atomic E-state index is 12.3. The second kappa shape index (κ2) is 6.70. The average Bonchev–Trinajstić information content (AvgIpc) is 2.62. The molecule has 1 atom stereocenters. The minimum absolute atomic E-state index is 0.124. The van der Waals surface area contributed by atoms with Crippen molar-refractivity contribution in [1.29, 1.82) is 0 Å². The fourth-order valence-electron chi connectivity index (χ4n) is 2.73. The van der Waals surface area contributed by atoms with Gasteiger partial charge in [0, 0.05) is 11.3 Å². The minimum Gasteiger partial charge on any atom is -0.493 e. The quantitative estimate of drug-likeness (QED) is 0.883. The van der Waals surface area contributed by atoms with E-state index in [0.717, 1.165) is 11.3 Å². The third-order valence-corrected chi connectivity index (χ3v) is 3.85. The molecule has 2 aromatic carbocycles. The van der Waals surface area contributed by atoms with E-state index in [-0.39, 0.29) is 12.1 Å². The summed E-state index contributed by atoms with van der Waals surface area (Å²) in [4.78, 5) is 12.3. The third-order valence-electron chi connectivity index (χ3n) is 3.85. The molecule has 1 amide bonds. The van der Waals surface area contributed by atoms with Gasteiger partial charge in [0.05, 0.1) is 26.4 Å². The number of nitrogens with one attached hydrogen (secondary N) is 2. The van der Waals surface area contributed by atoms with Crippen molar-refractivity contribution in [1.82, 2.24) is 5.32 Å². The summed E-state index contributed by atoms with van der Waals surface area (Å²) < 4.78 is 16.5. The van der Waals surface area contributed by atoms with Crippen LogP contribution >= 0.6 is 0 Å². The summed E-state index contributed by atoms with van der Waals surface area (Å²) in [5.41, 5.74) is 2.23. The lowest BCUT2D eigenvalue weighted by molar-refractivity contribution is 0.0935. The van der Waals surface area contributed by atoms with E-state index in [0.29, 0.717) is 29.4 Å². The van der Waals surface area contributed by atoms with Crippen LogP contribution in [0.4, 0.5) is 5.69 Å². The Balaban J connectivity index is 2.00. The van der Waals surface area contributed by atoms with Gasteiger partial charge in [-0.2, -0.15) is 0 Å². The second-order valence-electron chi connectivity index (χ2n) is 5.28.